The van der Waals surface area contributed by atoms with Crippen LogP contribution in [0.2, 0.25) is 0 Å². The van der Waals surface area contributed by atoms with Crippen molar-refractivity contribution >= 4 is 17.7 Å². The molecular weight excluding hydrogens is 284 g/mol. The zero-order valence-corrected chi connectivity index (χ0v) is 13.4. The number of allylic oxidation sites excluding steroid dienone is 2. The van der Waals surface area contributed by atoms with E-state index in [1.807, 2.05) is 13.0 Å². The minimum Gasteiger partial charge on any atom is -0.462 e. The van der Waals surface area contributed by atoms with Crippen LogP contribution in [-0.4, -0.2) is 29.9 Å². The summed E-state index contributed by atoms with van der Waals surface area (Å²) in [6.45, 7) is 7.07. The van der Waals surface area contributed by atoms with Crippen LogP contribution in [0.4, 0.5) is 0 Å². The molecule has 1 aliphatic heterocycles. The number of hydrogen-bond acceptors (Lipinski definition) is 5. The molecule has 2 aliphatic carbocycles. The van der Waals surface area contributed by atoms with Gasteiger partial charge in [-0.3, -0.25) is 14.4 Å². The van der Waals surface area contributed by atoms with E-state index in [1.54, 1.807) is 13.0 Å². The van der Waals surface area contributed by atoms with Crippen molar-refractivity contribution in [2.24, 2.45) is 29.1 Å². The number of carbonyl (C=O) groups is 3. The topological polar surface area (TPSA) is 69.7 Å². The van der Waals surface area contributed by atoms with E-state index in [1.165, 1.54) is 6.92 Å². The third kappa shape index (κ3) is 1.94. The molecule has 0 aromatic rings. The maximum Gasteiger partial charge on any atom is 0.309 e. The van der Waals surface area contributed by atoms with Crippen LogP contribution in [0.3, 0.4) is 0 Å². The summed E-state index contributed by atoms with van der Waals surface area (Å²) in [4.78, 5) is 36.2. The zero-order chi connectivity index (χ0) is 16.2. The predicted molar refractivity (Wildman–Crippen MR) is 77.6 cm³/mol. The van der Waals surface area contributed by atoms with E-state index in [2.05, 4.69) is 6.92 Å². The fourth-order valence-corrected chi connectivity index (χ4v) is 4.61. The quantitative estimate of drug-likeness (QED) is 0.692. The van der Waals surface area contributed by atoms with Crippen LogP contribution in [0.5, 0.6) is 0 Å². The van der Waals surface area contributed by atoms with Gasteiger partial charge in [0.05, 0.1) is 11.3 Å². The zero-order valence-electron chi connectivity index (χ0n) is 13.4. The van der Waals surface area contributed by atoms with Gasteiger partial charge in [0.15, 0.2) is 5.78 Å². The lowest BCUT2D eigenvalue weighted by molar-refractivity contribution is -0.165. The first-order valence-corrected chi connectivity index (χ1v) is 7.87. The number of ether oxygens (including phenoxy) is 2. The Morgan fingerprint density at radius 2 is 2.05 bits per heavy atom. The van der Waals surface area contributed by atoms with Crippen molar-refractivity contribution in [3.63, 3.8) is 0 Å². The van der Waals surface area contributed by atoms with Crippen LogP contribution in [0, 0.1) is 29.1 Å². The molecule has 0 N–H and O–H groups in total. The van der Waals surface area contributed by atoms with Gasteiger partial charge in [0.2, 0.25) is 0 Å². The molecule has 1 heterocycles. The molecule has 3 rings (SSSR count). The maximum absolute atomic E-state index is 12.6. The number of fused-ring (bicyclic) bond motifs is 2. The van der Waals surface area contributed by atoms with Crippen molar-refractivity contribution < 1.29 is 23.9 Å². The van der Waals surface area contributed by atoms with Crippen molar-refractivity contribution in [1.82, 2.24) is 0 Å². The highest BCUT2D eigenvalue weighted by Crippen LogP contribution is 2.54. The van der Waals surface area contributed by atoms with Crippen molar-refractivity contribution in [3.8, 4) is 0 Å². The summed E-state index contributed by atoms with van der Waals surface area (Å²) < 4.78 is 11.1. The molecule has 0 aromatic carbocycles. The smallest absolute Gasteiger partial charge is 0.309 e. The fraction of sp³-hybridized carbons (Fsp3) is 0.706. The molecule has 0 spiro atoms. The van der Waals surface area contributed by atoms with Gasteiger partial charge in [-0.05, 0) is 31.3 Å². The van der Waals surface area contributed by atoms with Gasteiger partial charge in [0, 0.05) is 12.8 Å². The molecule has 2 unspecified atom stereocenters. The Hall–Kier alpha value is -1.65. The lowest BCUT2D eigenvalue weighted by Crippen LogP contribution is -2.50. The largest absolute Gasteiger partial charge is 0.462 e. The summed E-state index contributed by atoms with van der Waals surface area (Å²) in [5.74, 6) is -1.17. The number of carbonyl (C=O) groups excluding carboxylic acids is 3. The van der Waals surface area contributed by atoms with E-state index < -0.39 is 17.5 Å². The number of ketones is 1. The average molecular weight is 306 g/mol. The van der Waals surface area contributed by atoms with Crippen LogP contribution >= 0.6 is 0 Å². The Kier molecular flexibility index (Phi) is 3.42. The summed E-state index contributed by atoms with van der Waals surface area (Å²) in [7, 11) is 0. The molecule has 0 radical (unpaired) electrons. The van der Waals surface area contributed by atoms with Gasteiger partial charge < -0.3 is 9.47 Å². The van der Waals surface area contributed by atoms with Crippen LogP contribution in [0.1, 0.15) is 34.1 Å². The Labute approximate surface area is 130 Å². The highest BCUT2D eigenvalue weighted by molar-refractivity contribution is 5.98. The number of rotatable bonds is 1. The van der Waals surface area contributed by atoms with Crippen molar-refractivity contribution in [3.05, 3.63) is 12.2 Å². The predicted octanol–water partition coefficient (Wildman–Crippen LogP) is 1.90. The summed E-state index contributed by atoms with van der Waals surface area (Å²) in [5.41, 5.74) is -0.813. The molecule has 3 aliphatic rings. The minimum atomic E-state index is -0.813. The highest BCUT2D eigenvalue weighted by atomic mass is 16.6. The standard InChI is InChI=1S/C17H22O5/c1-8-7-12-14(9(2)16(20)22-12)15(21-10(3)18)17(4)11(8)5-6-13(17)19/h5-6,8-9,11-12,14-15H,7H2,1-4H3/t8-,9-,11?,12+,14?,15-,17+/m1/s1. The van der Waals surface area contributed by atoms with E-state index in [0.717, 1.165) is 0 Å². The van der Waals surface area contributed by atoms with Gasteiger partial charge in [0.25, 0.3) is 0 Å². The normalized spacial score (nSPS) is 46.7. The summed E-state index contributed by atoms with van der Waals surface area (Å²) >= 11 is 0. The van der Waals surface area contributed by atoms with Crippen molar-refractivity contribution in [2.45, 2.75) is 46.3 Å². The molecular formula is C17H22O5. The second-order valence-electron chi connectivity index (χ2n) is 7.12. The van der Waals surface area contributed by atoms with Gasteiger partial charge in [-0.1, -0.05) is 19.9 Å². The molecule has 0 amide bonds. The number of hydrogen-bond donors (Lipinski definition) is 0. The molecule has 22 heavy (non-hydrogen) atoms. The molecule has 0 aromatic heterocycles. The Morgan fingerprint density at radius 1 is 1.36 bits per heavy atom. The van der Waals surface area contributed by atoms with Gasteiger partial charge in [0.1, 0.15) is 12.2 Å². The van der Waals surface area contributed by atoms with Crippen molar-refractivity contribution in [1.29, 1.82) is 0 Å². The van der Waals surface area contributed by atoms with Crippen LogP contribution < -0.4 is 0 Å². The van der Waals surface area contributed by atoms with Gasteiger partial charge in [-0.25, -0.2) is 0 Å². The number of esters is 2. The molecule has 5 heteroatoms. The fourth-order valence-electron chi connectivity index (χ4n) is 4.61. The molecule has 120 valence electrons. The third-order valence-corrected chi connectivity index (χ3v) is 5.77. The first kappa shape index (κ1) is 15.3. The van der Waals surface area contributed by atoms with E-state index in [4.69, 9.17) is 9.47 Å². The first-order chi connectivity index (χ1) is 10.3. The highest BCUT2D eigenvalue weighted by Gasteiger charge is 2.62. The molecule has 2 fully saturated rings. The molecule has 1 saturated carbocycles. The van der Waals surface area contributed by atoms with Crippen LogP contribution in [-0.2, 0) is 23.9 Å². The monoisotopic (exact) mass is 306 g/mol. The second-order valence-corrected chi connectivity index (χ2v) is 7.12. The van der Waals surface area contributed by atoms with E-state index in [0.29, 0.717) is 6.42 Å². The van der Waals surface area contributed by atoms with E-state index in [-0.39, 0.29) is 41.5 Å². The third-order valence-electron chi connectivity index (χ3n) is 5.77. The second kappa shape index (κ2) is 4.93. The lowest BCUT2D eigenvalue weighted by atomic mass is 9.66. The summed E-state index contributed by atoms with van der Waals surface area (Å²) in [6.07, 6.45) is 3.30. The van der Waals surface area contributed by atoms with Gasteiger partial charge in [-0.15, -0.1) is 0 Å². The van der Waals surface area contributed by atoms with Crippen LogP contribution in [0.15, 0.2) is 12.2 Å². The average Bonchev–Trinajstić information content (AvgIpc) is 2.84. The summed E-state index contributed by atoms with van der Waals surface area (Å²) in [6, 6.07) is 0. The Morgan fingerprint density at radius 3 is 2.68 bits per heavy atom. The van der Waals surface area contributed by atoms with Crippen molar-refractivity contribution in [2.75, 3.05) is 0 Å². The lowest BCUT2D eigenvalue weighted by Gasteiger charge is -2.40. The Bertz CT molecular complexity index is 565. The first-order valence-electron chi connectivity index (χ1n) is 7.87. The van der Waals surface area contributed by atoms with Gasteiger partial charge in [-0.2, -0.15) is 0 Å². The van der Waals surface area contributed by atoms with Crippen LogP contribution in [0.25, 0.3) is 0 Å². The Balaban J connectivity index is 2.10. The molecule has 5 nitrogen and oxygen atoms in total. The molecule has 7 atom stereocenters. The van der Waals surface area contributed by atoms with E-state index >= 15 is 0 Å². The van der Waals surface area contributed by atoms with Gasteiger partial charge >= 0.3 is 11.9 Å². The molecule has 1 saturated heterocycles. The SMILES string of the molecule is CC(=O)O[C@@H]1C2[C@H](C[C@@H](C)C3C=CC(=O)[C@]31C)OC(=O)[C@@H]2C. The molecule has 0 bridgehead atoms. The van der Waals surface area contributed by atoms with E-state index in [9.17, 15) is 14.4 Å². The summed E-state index contributed by atoms with van der Waals surface area (Å²) in [5, 5.41) is 0. The minimum absolute atomic E-state index is 0.000789. The maximum atomic E-state index is 12.6.